The topological polar surface area (TPSA) is 55.1 Å². The number of aromatic nitrogens is 2. The fourth-order valence-corrected chi connectivity index (χ4v) is 2.14. The number of fused-ring (bicyclic) bond motifs is 1. The molecule has 0 aliphatic carbocycles. The number of carbonyl (C=O) groups is 1. The first-order valence-corrected chi connectivity index (χ1v) is 5.93. The number of aromatic carboxylic acids is 1. The van der Waals surface area contributed by atoms with Crippen LogP contribution in [0, 0.1) is 6.92 Å². The lowest BCUT2D eigenvalue weighted by Crippen LogP contribution is -2.01. The summed E-state index contributed by atoms with van der Waals surface area (Å²) in [5, 5.41) is 9.28. The Hall–Kier alpha value is -2.62. The van der Waals surface area contributed by atoms with Gasteiger partial charge in [0.25, 0.3) is 0 Å². The summed E-state index contributed by atoms with van der Waals surface area (Å²) in [6.07, 6.45) is 1.65. The van der Waals surface area contributed by atoms with Crippen molar-refractivity contribution in [2.45, 2.75) is 6.92 Å². The Morgan fingerprint density at radius 2 is 1.89 bits per heavy atom. The minimum absolute atomic E-state index is 0.260. The zero-order valence-electron chi connectivity index (χ0n) is 10.4. The Bertz CT molecular complexity index is 757. The maximum absolute atomic E-state index is 11.3. The van der Waals surface area contributed by atoms with Crippen molar-refractivity contribution in [3.05, 3.63) is 59.9 Å². The molecule has 19 heavy (non-hydrogen) atoms. The number of hydrogen-bond acceptors (Lipinski definition) is 2. The van der Waals surface area contributed by atoms with E-state index in [2.05, 4.69) is 4.98 Å². The van der Waals surface area contributed by atoms with Gasteiger partial charge in [-0.15, -0.1) is 0 Å². The standard InChI is InChI=1S/C15H12N2O2/c1-10-5-7-11(8-6-10)17-9-16-13-4-2-3-12(14(13)17)15(18)19/h2-9H,1H3,(H,18,19). The highest BCUT2D eigenvalue weighted by atomic mass is 16.4. The van der Waals surface area contributed by atoms with Crippen molar-refractivity contribution in [1.29, 1.82) is 0 Å². The quantitative estimate of drug-likeness (QED) is 0.762. The summed E-state index contributed by atoms with van der Waals surface area (Å²) >= 11 is 0. The van der Waals surface area contributed by atoms with Crippen molar-refractivity contribution in [1.82, 2.24) is 9.55 Å². The number of rotatable bonds is 2. The van der Waals surface area contributed by atoms with Crippen molar-refractivity contribution < 1.29 is 9.90 Å². The zero-order chi connectivity index (χ0) is 13.4. The highest BCUT2D eigenvalue weighted by Gasteiger charge is 2.13. The number of hydrogen-bond donors (Lipinski definition) is 1. The third-order valence-electron chi connectivity index (χ3n) is 3.11. The van der Waals surface area contributed by atoms with Crippen LogP contribution in [0.5, 0.6) is 0 Å². The van der Waals surface area contributed by atoms with Crippen molar-refractivity contribution in [2.75, 3.05) is 0 Å². The largest absolute Gasteiger partial charge is 0.478 e. The third-order valence-corrected chi connectivity index (χ3v) is 3.11. The molecule has 3 rings (SSSR count). The molecule has 1 aromatic heterocycles. The summed E-state index contributed by atoms with van der Waals surface area (Å²) in [5.41, 5.74) is 3.63. The van der Waals surface area contributed by atoms with Gasteiger partial charge in [0.05, 0.1) is 16.6 Å². The van der Waals surface area contributed by atoms with E-state index in [9.17, 15) is 9.90 Å². The Labute approximate surface area is 109 Å². The molecule has 4 heteroatoms. The van der Waals surface area contributed by atoms with E-state index in [1.54, 1.807) is 23.0 Å². The van der Waals surface area contributed by atoms with Crippen LogP contribution in [0.2, 0.25) is 0 Å². The molecule has 0 fully saturated rings. The van der Waals surface area contributed by atoms with Gasteiger partial charge in [-0.2, -0.15) is 0 Å². The van der Waals surface area contributed by atoms with Gasteiger partial charge < -0.3 is 5.11 Å². The van der Waals surface area contributed by atoms with Gasteiger partial charge in [0.2, 0.25) is 0 Å². The number of carboxylic acids is 1. The monoisotopic (exact) mass is 252 g/mol. The smallest absolute Gasteiger partial charge is 0.337 e. The molecule has 1 heterocycles. The lowest BCUT2D eigenvalue weighted by molar-refractivity contribution is 0.0698. The number of carboxylic acid groups (broad SMARTS) is 1. The van der Waals surface area contributed by atoms with E-state index in [0.29, 0.717) is 11.0 Å². The minimum Gasteiger partial charge on any atom is -0.478 e. The van der Waals surface area contributed by atoms with E-state index in [-0.39, 0.29) is 5.56 Å². The molecule has 0 aliphatic heterocycles. The second-order valence-electron chi connectivity index (χ2n) is 4.43. The van der Waals surface area contributed by atoms with Crippen LogP contribution < -0.4 is 0 Å². The van der Waals surface area contributed by atoms with E-state index in [1.165, 1.54) is 0 Å². The molecule has 0 amide bonds. The van der Waals surface area contributed by atoms with Crippen molar-refractivity contribution in [2.24, 2.45) is 0 Å². The lowest BCUT2D eigenvalue weighted by atomic mass is 10.1. The Morgan fingerprint density at radius 1 is 1.16 bits per heavy atom. The van der Waals surface area contributed by atoms with Crippen LogP contribution in [0.25, 0.3) is 16.7 Å². The summed E-state index contributed by atoms with van der Waals surface area (Å²) in [4.78, 5) is 15.6. The van der Waals surface area contributed by atoms with Gasteiger partial charge in [-0.05, 0) is 31.2 Å². The number of para-hydroxylation sites is 1. The lowest BCUT2D eigenvalue weighted by Gasteiger charge is -2.06. The van der Waals surface area contributed by atoms with Crippen molar-refractivity contribution in [3.8, 4) is 5.69 Å². The van der Waals surface area contributed by atoms with Crippen LogP contribution in [0.15, 0.2) is 48.8 Å². The van der Waals surface area contributed by atoms with Crippen LogP contribution in [-0.4, -0.2) is 20.6 Å². The minimum atomic E-state index is -0.945. The normalized spacial score (nSPS) is 10.8. The van der Waals surface area contributed by atoms with E-state index in [4.69, 9.17) is 0 Å². The fourth-order valence-electron chi connectivity index (χ4n) is 2.14. The van der Waals surface area contributed by atoms with Gasteiger partial charge in [0.15, 0.2) is 0 Å². The summed E-state index contributed by atoms with van der Waals surface area (Å²) in [5.74, 6) is -0.945. The van der Waals surface area contributed by atoms with Gasteiger partial charge in [-0.1, -0.05) is 23.8 Å². The first kappa shape index (κ1) is 11.5. The predicted octanol–water partition coefficient (Wildman–Crippen LogP) is 3.03. The maximum Gasteiger partial charge on any atom is 0.337 e. The van der Waals surface area contributed by atoms with Crippen LogP contribution >= 0.6 is 0 Å². The van der Waals surface area contributed by atoms with E-state index in [0.717, 1.165) is 11.3 Å². The van der Waals surface area contributed by atoms with Gasteiger partial charge in [0.1, 0.15) is 6.33 Å². The molecule has 0 saturated heterocycles. The molecule has 0 unspecified atom stereocenters. The molecule has 0 saturated carbocycles. The molecule has 1 N–H and O–H groups in total. The number of aryl methyl sites for hydroxylation is 1. The van der Waals surface area contributed by atoms with Gasteiger partial charge in [-0.25, -0.2) is 9.78 Å². The van der Waals surface area contributed by atoms with Gasteiger partial charge >= 0.3 is 5.97 Å². The second-order valence-corrected chi connectivity index (χ2v) is 4.43. The summed E-state index contributed by atoms with van der Waals surface area (Å²) in [6, 6.07) is 13.0. The Morgan fingerprint density at radius 3 is 2.58 bits per heavy atom. The molecule has 0 radical (unpaired) electrons. The zero-order valence-corrected chi connectivity index (χ0v) is 10.4. The predicted molar refractivity (Wildman–Crippen MR) is 72.8 cm³/mol. The molecule has 0 bridgehead atoms. The van der Waals surface area contributed by atoms with E-state index >= 15 is 0 Å². The summed E-state index contributed by atoms with van der Waals surface area (Å²) < 4.78 is 1.80. The van der Waals surface area contributed by atoms with E-state index < -0.39 is 5.97 Å². The molecule has 94 valence electrons. The highest BCUT2D eigenvalue weighted by Crippen LogP contribution is 2.22. The van der Waals surface area contributed by atoms with Crippen molar-refractivity contribution >= 4 is 17.0 Å². The first-order chi connectivity index (χ1) is 9.16. The molecule has 0 spiro atoms. The Kier molecular flexibility index (Phi) is 2.56. The van der Waals surface area contributed by atoms with Crippen molar-refractivity contribution in [3.63, 3.8) is 0 Å². The van der Waals surface area contributed by atoms with Gasteiger partial charge in [0, 0.05) is 5.69 Å². The molecule has 2 aromatic carbocycles. The molecular formula is C15H12N2O2. The van der Waals surface area contributed by atoms with Crippen LogP contribution in [0.4, 0.5) is 0 Å². The van der Waals surface area contributed by atoms with Crippen LogP contribution in [-0.2, 0) is 0 Å². The SMILES string of the molecule is Cc1ccc(-n2cnc3cccc(C(=O)O)c32)cc1. The molecule has 0 atom stereocenters. The molecule has 0 aliphatic rings. The number of benzene rings is 2. The second kappa shape index (κ2) is 4.24. The van der Waals surface area contributed by atoms with Crippen LogP contribution in [0.1, 0.15) is 15.9 Å². The van der Waals surface area contributed by atoms with Crippen LogP contribution in [0.3, 0.4) is 0 Å². The number of imidazole rings is 1. The fraction of sp³-hybridized carbons (Fsp3) is 0.0667. The first-order valence-electron chi connectivity index (χ1n) is 5.93. The number of nitrogens with zero attached hydrogens (tertiary/aromatic N) is 2. The van der Waals surface area contributed by atoms with Gasteiger partial charge in [-0.3, -0.25) is 4.57 Å². The third kappa shape index (κ3) is 1.87. The average molecular weight is 252 g/mol. The highest BCUT2D eigenvalue weighted by molar-refractivity contribution is 6.01. The summed E-state index contributed by atoms with van der Waals surface area (Å²) in [7, 11) is 0. The maximum atomic E-state index is 11.3. The molecule has 3 aromatic rings. The summed E-state index contributed by atoms with van der Waals surface area (Å²) in [6.45, 7) is 2.01. The molecule has 4 nitrogen and oxygen atoms in total. The average Bonchev–Trinajstić information content (AvgIpc) is 2.83. The Balaban J connectivity index is 2.30. The molecular weight excluding hydrogens is 240 g/mol. The van der Waals surface area contributed by atoms with E-state index in [1.807, 2.05) is 37.3 Å².